The van der Waals surface area contributed by atoms with Crippen LogP contribution in [0.3, 0.4) is 0 Å². The van der Waals surface area contributed by atoms with Crippen molar-refractivity contribution in [3.63, 3.8) is 0 Å². The third kappa shape index (κ3) is 2.53. The Morgan fingerprint density at radius 1 is 1.55 bits per heavy atom. The first-order valence-corrected chi connectivity index (χ1v) is 6.77. The summed E-state index contributed by atoms with van der Waals surface area (Å²) in [6.07, 6.45) is 0.873. The molecule has 0 saturated heterocycles. The summed E-state index contributed by atoms with van der Waals surface area (Å²) in [5.41, 5.74) is 0.0665. The Bertz CT molecular complexity index is 559. The molecule has 2 amide bonds. The van der Waals surface area contributed by atoms with Crippen molar-refractivity contribution in [2.45, 2.75) is 45.1 Å². The normalized spacial score (nSPS) is 22.7. The first-order valence-electron chi connectivity index (χ1n) is 6.77. The van der Waals surface area contributed by atoms with Gasteiger partial charge in [-0.1, -0.05) is 13.0 Å². The molecule has 1 aromatic rings. The zero-order valence-corrected chi connectivity index (χ0v) is 11.9. The predicted molar refractivity (Wildman–Crippen MR) is 74.9 cm³/mol. The lowest BCUT2D eigenvalue weighted by atomic mass is 9.75. The van der Waals surface area contributed by atoms with Crippen molar-refractivity contribution >= 4 is 17.5 Å². The fraction of sp³-hybridized carbons (Fsp3) is 0.467. The smallest absolute Gasteiger partial charge is 0.231 e. The predicted octanol–water partition coefficient (Wildman–Crippen LogP) is 2.34. The van der Waals surface area contributed by atoms with Gasteiger partial charge in [-0.3, -0.25) is 9.59 Å². The highest BCUT2D eigenvalue weighted by Gasteiger charge is 2.42. The number of benzene rings is 1. The van der Waals surface area contributed by atoms with E-state index in [0.717, 1.165) is 6.42 Å². The molecule has 0 saturated carbocycles. The molecule has 0 radical (unpaired) electrons. The SMILES string of the molecule is CCC(C)NC(=O)[C@@]1(C)CC(=O)Nc2cc(F)ccc21. The number of halogens is 1. The lowest BCUT2D eigenvalue weighted by Crippen LogP contribution is -2.49. The molecule has 0 aromatic heterocycles. The van der Waals surface area contributed by atoms with Crippen LogP contribution in [0.5, 0.6) is 0 Å². The molecule has 2 rings (SSSR count). The van der Waals surface area contributed by atoms with E-state index in [1.54, 1.807) is 13.0 Å². The van der Waals surface area contributed by atoms with Crippen LogP contribution in [0.25, 0.3) is 0 Å². The second-order valence-corrected chi connectivity index (χ2v) is 5.53. The Labute approximate surface area is 117 Å². The van der Waals surface area contributed by atoms with Gasteiger partial charge in [0.15, 0.2) is 0 Å². The molecule has 5 heteroatoms. The molecular formula is C15H19FN2O2. The average Bonchev–Trinajstić information content (AvgIpc) is 2.37. The molecule has 1 unspecified atom stereocenters. The Hall–Kier alpha value is -1.91. The van der Waals surface area contributed by atoms with Gasteiger partial charge in [0.1, 0.15) is 5.82 Å². The highest BCUT2D eigenvalue weighted by molar-refractivity contribution is 6.03. The minimum atomic E-state index is -0.963. The van der Waals surface area contributed by atoms with Gasteiger partial charge in [-0.05, 0) is 38.0 Å². The second kappa shape index (κ2) is 5.23. The van der Waals surface area contributed by atoms with E-state index < -0.39 is 11.2 Å². The van der Waals surface area contributed by atoms with Crippen molar-refractivity contribution < 1.29 is 14.0 Å². The third-order valence-corrected chi connectivity index (χ3v) is 3.86. The monoisotopic (exact) mass is 278 g/mol. The molecule has 108 valence electrons. The van der Waals surface area contributed by atoms with Gasteiger partial charge in [0.2, 0.25) is 11.8 Å². The topological polar surface area (TPSA) is 58.2 Å². The number of rotatable bonds is 3. The van der Waals surface area contributed by atoms with Gasteiger partial charge in [0.25, 0.3) is 0 Å². The lowest BCUT2D eigenvalue weighted by Gasteiger charge is -2.35. The van der Waals surface area contributed by atoms with Crippen LogP contribution in [-0.2, 0) is 15.0 Å². The Kier molecular flexibility index (Phi) is 3.79. The second-order valence-electron chi connectivity index (χ2n) is 5.53. The van der Waals surface area contributed by atoms with Crippen LogP contribution >= 0.6 is 0 Å². The standard InChI is InChI=1S/C15H19FN2O2/c1-4-9(2)17-14(20)15(3)8-13(19)18-12-7-10(16)5-6-11(12)15/h5-7,9H,4,8H2,1-3H3,(H,17,20)(H,18,19)/t9?,15-/m0/s1. The largest absolute Gasteiger partial charge is 0.353 e. The zero-order chi connectivity index (χ0) is 14.9. The summed E-state index contributed by atoms with van der Waals surface area (Å²) in [4.78, 5) is 24.3. The third-order valence-electron chi connectivity index (χ3n) is 3.86. The van der Waals surface area contributed by atoms with Crippen LogP contribution in [0.4, 0.5) is 10.1 Å². The number of amides is 2. The van der Waals surface area contributed by atoms with E-state index >= 15 is 0 Å². The van der Waals surface area contributed by atoms with E-state index in [9.17, 15) is 14.0 Å². The molecule has 0 fully saturated rings. The van der Waals surface area contributed by atoms with Gasteiger partial charge in [-0.25, -0.2) is 4.39 Å². The summed E-state index contributed by atoms with van der Waals surface area (Å²) in [6, 6.07) is 4.17. The van der Waals surface area contributed by atoms with Gasteiger partial charge in [-0.2, -0.15) is 0 Å². The molecular weight excluding hydrogens is 259 g/mol. The highest BCUT2D eigenvalue weighted by atomic mass is 19.1. The fourth-order valence-electron chi connectivity index (χ4n) is 2.40. The fourth-order valence-corrected chi connectivity index (χ4v) is 2.40. The Morgan fingerprint density at radius 2 is 2.25 bits per heavy atom. The van der Waals surface area contributed by atoms with E-state index in [-0.39, 0.29) is 24.3 Å². The van der Waals surface area contributed by atoms with Crippen LogP contribution in [0, 0.1) is 5.82 Å². The number of fused-ring (bicyclic) bond motifs is 1. The van der Waals surface area contributed by atoms with Crippen molar-refractivity contribution in [2.24, 2.45) is 0 Å². The number of anilines is 1. The van der Waals surface area contributed by atoms with E-state index in [4.69, 9.17) is 0 Å². The lowest BCUT2D eigenvalue weighted by molar-refractivity contribution is -0.130. The molecule has 1 aliphatic heterocycles. The van der Waals surface area contributed by atoms with Crippen molar-refractivity contribution in [1.82, 2.24) is 5.32 Å². The van der Waals surface area contributed by atoms with Gasteiger partial charge in [0.05, 0.1) is 5.41 Å². The average molecular weight is 278 g/mol. The molecule has 2 N–H and O–H groups in total. The summed E-state index contributed by atoms with van der Waals surface area (Å²) in [7, 11) is 0. The minimum Gasteiger partial charge on any atom is -0.353 e. The first kappa shape index (κ1) is 14.5. The molecule has 0 bridgehead atoms. The van der Waals surface area contributed by atoms with Crippen LogP contribution in [0.15, 0.2) is 18.2 Å². The molecule has 1 aromatic carbocycles. The molecule has 0 aliphatic carbocycles. The van der Waals surface area contributed by atoms with Gasteiger partial charge < -0.3 is 10.6 Å². The maximum Gasteiger partial charge on any atom is 0.231 e. The number of hydrogen-bond donors (Lipinski definition) is 2. The van der Waals surface area contributed by atoms with E-state index in [0.29, 0.717) is 11.3 Å². The number of nitrogens with one attached hydrogen (secondary N) is 2. The summed E-state index contributed by atoms with van der Waals surface area (Å²) in [5.74, 6) is -0.907. The van der Waals surface area contributed by atoms with Gasteiger partial charge in [-0.15, -0.1) is 0 Å². The molecule has 4 nitrogen and oxygen atoms in total. The van der Waals surface area contributed by atoms with Gasteiger partial charge >= 0.3 is 0 Å². The Morgan fingerprint density at radius 3 is 2.90 bits per heavy atom. The number of carbonyl (C=O) groups is 2. The zero-order valence-electron chi connectivity index (χ0n) is 11.9. The van der Waals surface area contributed by atoms with Gasteiger partial charge in [0, 0.05) is 18.2 Å². The van der Waals surface area contributed by atoms with Crippen LogP contribution in [0.2, 0.25) is 0 Å². The van der Waals surface area contributed by atoms with Crippen molar-refractivity contribution in [2.75, 3.05) is 5.32 Å². The summed E-state index contributed by atoms with van der Waals surface area (Å²) in [6.45, 7) is 5.61. The van der Waals surface area contributed by atoms with E-state index in [2.05, 4.69) is 10.6 Å². The molecule has 0 spiro atoms. The molecule has 1 aliphatic rings. The first-order chi connectivity index (χ1) is 9.36. The molecule has 1 heterocycles. The summed E-state index contributed by atoms with van der Waals surface area (Å²) >= 11 is 0. The summed E-state index contributed by atoms with van der Waals surface area (Å²) in [5, 5.41) is 5.52. The van der Waals surface area contributed by atoms with Crippen molar-refractivity contribution in [3.05, 3.63) is 29.6 Å². The number of hydrogen-bond acceptors (Lipinski definition) is 2. The van der Waals surface area contributed by atoms with Crippen LogP contribution in [-0.4, -0.2) is 17.9 Å². The maximum atomic E-state index is 13.3. The quantitative estimate of drug-likeness (QED) is 0.891. The molecule has 20 heavy (non-hydrogen) atoms. The number of carbonyl (C=O) groups excluding carboxylic acids is 2. The molecule has 2 atom stereocenters. The Balaban J connectivity index is 2.41. The van der Waals surface area contributed by atoms with Crippen molar-refractivity contribution in [3.8, 4) is 0 Å². The summed E-state index contributed by atoms with van der Waals surface area (Å²) < 4.78 is 13.3. The van der Waals surface area contributed by atoms with Crippen molar-refractivity contribution in [1.29, 1.82) is 0 Å². The van der Waals surface area contributed by atoms with Crippen LogP contribution < -0.4 is 10.6 Å². The van der Waals surface area contributed by atoms with Crippen LogP contribution in [0.1, 0.15) is 39.2 Å². The minimum absolute atomic E-state index is 0.0354. The van der Waals surface area contributed by atoms with E-state index in [1.807, 2.05) is 13.8 Å². The maximum absolute atomic E-state index is 13.3. The van der Waals surface area contributed by atoms with E-state index in [1.165, 1.54) is 12.1 Å². The highest BCUT2D eigenvalue weighted by Crippen LogP contribution is 2.38.